The highest BCUT2D eigenvalue weighted by Crippen LogP contribution is 2.24. The molecule has 4 N–H and O–H groups in total. The lowest BCUT2D eigenvalue weighted by molar-refractivity contribution is -0.120. The van der Waals surface area contributed by atoms with E-state index in [1.165, 1.54) is 0 Å². The first-order chi connectivity index (χ1) is 7.11. The molecule has 1 atom stereocenters. The quantitative estimate of drug-likeness (QED) is 0.721. The van der Waals surface area contributed by atoms with Gasteiger partial charge in [-0.3, -0.25) is 4.79 Å². The van der Waals surface area contributed by atoms with Gasteiger partial charge in [-0.05, 0) is 19.1 Å². The van der Waals surface area contributed by atoms with E-state index < -0.39 is 0 Å². The van der Waals surface area contributed by atoms with Crippen LogP contribution in [0.2, 0.25) is 0 Å². The van der Waals surface area contributed by atoms with Crippen LogP contribution >= 0.6 is 0 Å². The fraction of sp³-hybridized carbons (Fsp3) is 0.182. The summed E-state index contributed by atoms with van der Waals surface area (Å²) in [5, 5.41) is 1.02. The molecule has 0 bridgehead atoms. The molecule has 1 amide bonds. The van der Waals surface area contributed by atoms with Gasteiger partial charge < -0.3 is 16.0 Å². The lowest BCUT2D eigenvalue weighted by Crippen LogP contribution is -2.23. The standard InChI is InChI=1S/C11H13N3O/c1-7(11(13)15)14-6-5-8-3-2-4-9(12)10(8)14/h2-7H,12H2,1H3,(H2,13,15). The number of fused-ring (bicyclic) bond motifs is 1. The van der Waals surface area contributed by atoms with E-state index in [9.17, 15) is 4.79 Å². The maximum Gasteiger partial charge on any atom is 0.240 e. The maximum absolute atomic E-state index is 11.1. The number of hydrogen-bond acceptors (Lipinski definition) is 2. The van der Waals surface area contributed by atoms with Crippen LogP contribution in [0.5, 0.6) is 0 Å². The highest BCUT2D eigenvalue weighted by Gasteiger charge is 2.14. The van der Waals surface area contributed by atoms with E-state index in [4.69, 9.17) is 11.5 Å². The van der Waals surface area contributed by atoms with Crippen LogP contribution in [0.1, 0.15) is 13.0 Å². The third kappa shape index (κ3) is 1.44. The van der Waals surface area contributed by atoms with Crippen molar-refractivity contribution in [2.75, 3.05) is 5.73 Å². The molecule has 1 heterocycles. The molecule has 0 aliphatic heterocycles. The second-order valence-corrected chi connectivity index (χ2v) is 3.59. The van der Waals surface area contributed by atoms with Crippen molar-refractivity contribution in [3.05, 3.63) is 30.5 Å². The van der Waals surface area contributed by atoms with Crippen molar-refractivity contribution in [3.63, 3.8) is 0 Å². The smallest absolute Gasteiger partial charge is 0.240 e. The summed E-state index contributed by atoms with van der Waals surface area (Å²) < 4.78 is 1.80. The minimum absolute atomic E-state index is 0.365. The van der Waals surface area contributed by atoms with E-state index in [0.29, 0.717) is 5.69 Å². The Labute approximate surface area is 87.5 Å². The highest BCUT2D eigenvalue weighted by atomic mass is 16.1. The number of nitrogens with two attached hydrogens (primary N) is 2. The fourth-order valence-electron chi connectivity index (χ4n) is 1.71. The number of rotatable bonds is 2. The van der Waals surface area contributed by atoms with Crippen LogP contribution in [0.15, 0.2) is 30.5 Å². The molecule has 4 nitrogen and oxygen atoms in total. The number of carbonyl (C=O) groups is 1. The Morgan fingerprint density at radius 1 is 1.40 bits per heavy atom. The van der Waals surface area contributed by atoms with Crippen molar-refractivity contribution in [2.45, 2.75) is 13.0 Å². The van der Waals surface area contributed by atoms with Crippen molar-refractivity contribution >= 4 is 22.5 Å². The molecule has 0 aliphatic rings. The zero-order chi connectivity index (χ0) is 11.0. The van der Waals surface area contributed by atoms with Gasteiger partial charge in [-0.15, -0.1) is 0 Å². The molecule has 1 aromatic carbocycles. The van der Waals surface area contributed by atoms with Crippen LogP contribution in [0.3, 0.4) is 0 Å². The summed E-state index contributed by atoms with van der Waals surface area (Å²) >= 11 is 0. The van der Waals surface area contributed by atoms with Gasteiger partial charge in [0.05, 0.1) is 11.2 Å². The average molecular weight is 203 g/mol. The summed E-state index contributed by atoms with van der Waals surface area (Å²) in [4.78, 5) is 11.1. The zero-order valence-corrected chi connectivity index (χ0v) is 8.47. The number of benzene rings is 1. The second-order valence-electron chi connectivity index (χ2n) is 3.59. The Bertz CT molecular complexity index is 516. The molecule has 2 aromatic rings. The minimum Gasteiger partial charge on any atom is -0.397 e. The summed E-state index contributed by atoms with van der Waals surface area (Å²) in [6, 6.07) is 7.19. The summed E-state index contributed by atoms with van der Waals surface area (Å²) in [5.74, 6) is -0.365. The molecule has 0 fully saturated rings. The van der Waals surface area contributed by atoms with Crippen LogP contribution in [-0.4, -0.2) is 10.5 Å². The summed E-state index contributed by atoms with van der Waals surface area (Å²) in [6.07, 6.45) is 1.83. The molecule has 0 aliphatic carbocycles. The van der Waals surface area contributed by atoms with Crippen molar-refractivity contribution in [1.29, 1.82) is 0 Å². The number of primary amides is 1. The molecule has 0 spiro atoms. The predicted octanol–water partition coefficient (Wildman–Crippen LogP) is 1.27. The van der Waals surface area contributed by atoms with E-state index >= 15 is 0 Å². The summed E-state index contributed by atoms with van der Waals surface area (Å²) in [5.41, 5.74) is 12.7. The zero-order valence-electron chi connectivity index (χ0n) is 8.47. The molecule has 1 aromatic heterocycles. The van der Waals surface area contributed by atoms with Gasteiger partial charge in [0, 0.05) is 11.6 Å². The van der Waals surface area contributed by atoms with Crippen LogP contribution in [0, 0.1) is 0 Å². The van der Waals surface area contributed by atoms with Gasteiger partial charge in [0.1, 0.15) is 6.04 Å². The number of anilines is 1. The molecule has 15 heavy (non-hydrogen) atoms. The molecule has 4 heteroatoms. The van der Waals surface area contributed by atoms with Crippen molar-refractivity contribution in [3.8, 4) is 0 Å². The first-order valence-corrected chi connectivity index (χ1v) is 4.75. The van der Waals surface area contributed by atoms with Crippen molar-refractivity contribution < 1.29 is 4.79 Å². The molecule has 0 radical (unpaired) electrons. The second kappa shape index (κ2) is 3.31. The number of amides is 1. The Morgan fingerprint density at radius 2 is 2.13 bits per heavy atom. The van der Waals surface area contributed by atoms with Gasteiger partial charge >= 0.3 is 0 Å². The number of aromatic nitrogens is 1. The monoisotopic (exact) mass is 203 g/mol. The predicted molar refractivity (Wildman–Crippen MR) is 60.3 cm³/mol. The number of carbonyl (C=O) groups excluding carboxylic acids is 1. The fourth-order valence-corrected chi connectivity index (χ4v) is 1.71. The number of nitrogens with zero attached hydrogens (tertiary/aromatic N) is 1. The molecular formula is C11H13N3O. The third-order valence-electron chi connectivity index (χ3n) is 2.60. The molecule has 2 rings (SSSR count). The average Bonchev–Trinajstić information content (AvgIpc) is 2.61. The Hall–Kier alpha value is -1.97. The summed E-state index contributed by atoms with van der Waals surface area (Å²) in [6.45, 7) is 1.76. The van der Waals surface area contributed by atoms with E-state index in [2.05, 4.69) is 0 Å². The first-order valence-electron chi connectivity index (χ1n) is 4.75. The Balaban J connectivity index is 2.67. The molecule has 0 saturated heterocycles. The highest BCUT2D eigenvalue weighted by molar-refractivity contribution is 5.92. The van der Waals surface area contributed by atoms with E-state index in [1.54, 1.807) is 11.5 Å². The third-order valence-corrected chi connectivity index (χ3v) is 2.60. The van der Waals surface area contributed by atoms with E-state index in [0.717, 1.165) is 10.9 Å². The van der Waals surface area contributed by atoms with Gasteiger partial charge in [0.15, 0.2) is 0 Å². The van der Waals surface area contributed by atoms with Gasteiger partial charge in [0.25, 0.3) is 0 Å². The van der Waals surface area contributed by atoms with Crippen molar-refractivity contribution in [2.24, 2.45) is 5.73 Å². The van der Waals surface area contributed by atoms with Crippen molar-refractivity contribution in [1.82, 2.24) is 4.57 Å². The minimum atomic E-state index is -0.382. The van der Waals surface area contributed by atoms with Gasteiger partial charge in [-0.25, -0.2) is 0 Å². The lowest BCUT2D eigenvalue weighted by Gasteiger charge is -2.12. The van der Waals surface area contributed by atoms with Gasteiger partial charge in [-0.2, -0.15) is 0 Å². The maximum atomic E-state index is 11.1. The van der Waals surface area contributed by atoms with E-state index in [1.807, 2.05) is 30.5 Å². The lowest BCUT2D eigenvalue weighted by atomic mass is 10.2. The van der Waals surface area contributed by atoms with E-state index in [-0.39, 0.29) is 11.9 Å². The largest absolute Gasteiger partial charge is 0.397 e. The van der Waals surface area contributed by atoms with Gasteiger partial charge in [-0.1, -0.05) is 12.1 Å². The number of para-hydroxylation sites is 1. The normalized spacial score (nSPS) is 12.9. The van der Waals surface area contributed by atoms with Crippen LogP contribution in [0.25, 0.3) is 10.9 Å². The van der Waals surface area contributed by atoms with Crippen LogP contribution < -0.4 is 11.5 Å². The SMILES string of the molecule is CC(C(N)=O)n1ccc2cccc(N)c21. The van der Waals surface area contributed by atoms with Gasteiger partial charge in [0.2, 0.25) is 5.91 Å². The topological polar surface area (TPSA) is 74.0 Å². The summed E-state index contributed by atoms with van der Waals surface area (Å²) in [7, 11) is 0. The Morgan fingerprint density at radius 3 is 2.80 bits per heavy atom. The number of nitrogen functional groups attached to an aromatic ring is 1. The Kier molecular flexibility index (Phi) is 2.11. The number of hydrogen-bond donors (Lipinski definition) is 2. The molecular weight excluding hydrogens is 190 g/mol. The molecule has 0 saturated carbocycles. The molecule has 78 valence electrons. The molecule has 1 unspecified atom stereocenters. The van der Waals surface area contributed by atoms with Crippen LogP contribution in [-0.2, 0) is 4.79 Å². The first kappa shape index (κ1) is 9.58. The van der Waals surface area contributed by atoms with Crippen LogP contribution in [0.4, 0.5) is 5.69 Å².